The van der Waals surface area contributed by atoms with Gasteiger partial charge in [0.25, 0.3) is 17.4 Å². The molecule has 3 rings (SSSR count). The second kappa shape index (κ2) is 15.5. The number of amides is 3. The van der Waals surface area contributed by atoms with Crippen LogP contribution < -0.4 is 21.1 Å². The fourth-order valence-electron chi connectivity index (χ4n) is 4.10. The van der Waals surface area contributed by atoms with Crippen LogP contribution in [0.2, 0.25) is 0 Å². The lowest BCUT2D eigenvalue weighted by molar-refractivity contribution is -0.147. The van der Waals surface area contributed by atoms with Crippen LogP contribution in [0.5, 0.6) is 0 Å². The minimum absolute atomic E-state index is 0.00686. The van der Waals surface area contributed by atoms with Crippen LogP contribution in [0.1, 0.15) is 63.5 Å². The van der Waals surface area contributed by atoms with Gasteiger partial charge in [-0.25, -0.2) is 14.8 Å². The van der Waals surface area contributed by atoms with Crippen LogP contribution in [-0.4, -0.2) is 63.9 Å². The summed E-state index contributed by atoms with van der Waals surface area (Å²) in [5.41, 5.74) is -0.0512. The zero-order chi connectivity index (χ0) is 34.0. The second-order valence-electron chi connectivity index (χ2n) is 11.1. The normalized spacial score (nSPS) is 11.7. The van der Waals surface area contributed by atoms with Crippen LogP contribution in [-0.2, 0) is 35.2 Å². The van der Waals surface area contributed by atoms with E-state index in [-0.39, 0.29) is 61.1 Å². The average molecular weight is 635 g/mol. The number of ether oxygens (including phenoxy) is 2. The molecule has 0 bridgehead atoms. The van der Waals surface area contributed by atoms with Gasteiger partial charge in [-0.2, -0.15) is 0 Å². The highest BCUT2D eigenvalue weighted by molar-refractivity contribution is 6.02. The maximum atomic E-state index is 13.0. The Labute approximate surface area is 265 Å². The van der Waals surface area contributed by atoms with E-state index < -0.39 is 40.8 Å². The molecule has 1 atom stereocenters. The van der Waals surface area contributed by atoms with Crippen molar-refractivity contribution < 1.29 is 33.4 Å². The summed E-state index contributed by atoms with van der Waals surface area (Å²) in [4.78, 5) is 87.7. The van der Waals surface area contributed by atoms with Crippen molar-refractivity contribution in [2.24, 2.45) is 5.41 Å². The number of carbonyl (C=O) groups is 5. The smallest absolute Gasteiger partial charge is 0.328 e. The molecule has 0 saturated carbocycles. The number of nitrogens with one attached hydrogen (secondary N) is 3. The van der Waals surface area contributed by atoms with E-state index in [1.54, 1.807) is 46.8 Å². The lowest BCUT2D eigenvalue weighted by Gasteiger charge is -2.22. The third-order valence-corrected chi connectivity index (χ3v) is 6.54. The molecule has 14 heteroatoms. The van der Waals surface area contributed by atoms with Crippen molar-refractivity contribution in [1.29, 1.82) is 0 Å². The van der Waals surface area contributed by atoms with Gasteiger partial charge in [-0.15, -0.1) is 0 Å². The molecule has 14 nitrogen and oxygen atoms in total. The number of H-pyrrole nitrogens is 1. The first kappa shape index (κ1) is 35.1. The van der Waals surface area contributed by atoms with Crippen molar-refractivity contribution in [2.45, 2.75) is 60.0 Å². The molecule has 3 N–H and O–H groups in total. The van der Waals surface area contributed by atoms with Gasteiger partial charge >= 0.3 is 11.9 Å². The van der Waals surface area contributed by atoms with Gasteiger partial charge in [0.05, 0.1) is 31.0 Å². The Hall–Kier alpha value is -5.40. The summed E-state index contributed by atoms with van der Waals surface area (Å²) in [6.07, 6.45) is 1.02. The van der Waals surface area contributed by atoms with Gasteiger partial charge in [0.1, 0.15) is 6.04 Å². The fourth-order valence-corrected chi connectivity index (χ4v) is 4.10. The van der Waals surface area contributed by atoms with Crippen molar-refractivity contribution in [3.63, 3.8) is 0 Å². The number of aromatic nitrogens is 3. The molecule has 3 amide bonds. The Kier molecular flexibility index (Phi) is 11.9. The van der Waals surface area contributed by atoms with Gasteiger partial charge in [-0.1, -0.05) is 27.4 Å². The molecule has 0 unspecified atom stereocenters. The molecule has 2 heterocycles. The van der Waals surface area contributed by atoms with Crippen LogP contribution in [0.4, 0.5) is 11.6 Å². The minimum Gasteiger partial charge on any atom is -0.466 e. The highest BCUT2D eigenvalue weighted by atomic mass is 16.5. The van der Waals surface area contributed by atoms with Crippen molar-refractivity contribution in [3.8, 4) is 0 Å². The third-order valence-electron chi connectivity index (χ3n) is 6.54. The number of aromatic amines is 1. The minimum atomic E-state index is -1.07. The summed E-state index contributed by atoms with van der Waals surface area (Å²) in [7, 11) is 0. The van der Waals surface area contributed by atoms with Gasteiger partial charge in [0.15, 0.2) is 5.52 Å². The van der Waals surface area contributed by atoms with Crippen molar-refractivity contribution in [2.75, 3.05) is 23.4 Å². The number of benzene rings is 1. The molecule has 0 aliphatic heterocycles. The molecule has 2 aromatic heterocycles. The SMILES string of the molecule is C=CC(=O)N(Cc1ccc2nc(NC(=O)C(C)(C)C)[nH]c(=O)c2n1)c1ccc(C(=O)N[C@@H](CCC(=O)OCC)C(=O)OCC)cc1. The average Bonchev–Trinajstić information content (AvgIpc) is 3.01. The number of pyridine rings is 1. The van der Waals surface area contributed by atoms with E-state index in [1.165, 1.54) is 29.2 Å². The Bertz CT molecular complexity index is 1680. The molecule has 1 aromatic carbocycles. The van der Waals surface area contributed by atoms with Crippen LogP contribution in [0, 0.1) is 5.41 Å². The van der Waals surface area contributed by atoms with Crippen LogP contribution >= 0.6 is 0 Å². The van der Waals surface area contributed by atoms with Crippen LogP contribution in [0.15, 0.2) is 53.8 Å². The predicted molar refractivity (Wildman–Crippen MR) is 170 cm³/mol. The highest BCUT2D eigenvalue weighted by Gasteiger charge is 2.25. The molecule has 0 spiro atoms. The molecule has 0 aliphatic rings. The predicted octanol–water partition coefficient (Wildman–Crippen LogP) is 3.03. The number of hydrogen-bond acceptors (Lipinski definition) is 10. The summed E-state index contributed by atoms with van der Waals surface area (Å²) in [6, 6.07) is 8.10. The van der Waals surface area contributed by atoms with E-state index in [4.69, 9.17) is 9.47 Å². The molecular weight excluding hydrogens is 596 g/mol. The number of hydrogen-bond donors (Lipinski definition) is 3. The fraction of sp³-hybridized carbons (Fsp3) is 0.375. The molecular formula is C32H38N6O8. The second-order valence-corrected chi connectivity index (χ2v) is 11.1. The zero-order valence-electron chi connectivity index (χ0n) is 26.5. The van der Waals surface area contributed by atoms with Crippen molar-refractivity contribution in [1.82, 2.24) is 20.3 Å². The summed E-state index contributed by atoms with van der Waals surface area (Å²) in [6.45, 7) is 12.3. The van der Waals surface area contributed by atoms with E-state index in [0.717, 1.165) is 6.08 Å². The topological polar surface area (TPSA) is 190 Å². The number of fused-ring (bicyclic) bond motifs is 1. The summed E-state index contributed by atoms with van der Waals surface area (Å²) in [5, 5.41) is 5.18. The standard InChI is InChI=1S/C32H38N6O8/c1-7-24(39)38(18-20-12-15-22-26(33-20)28(42)36-31(35-22)37-30(44)32(4,5)6)21-13-10-19(11-14-21)27(41)34-23(29(43)46-9-3)16-17-25(40)45-8-2/h7,10-15,23H,1,8-9,16-18H2,2-6H3,(H,34,41)(H2,35,36,37,42,44)/t23-/m0/s1. The first-order valence-electron chi connectivity index (χ1n) is 14.7. The van der Waals surface area contributed by atoms with E-state index in [0.29, 0.717) is 11.4 Å². The first-order chi connectivity index (χ1) is 21.8. The van der Waals surface area contributed by atoms with Crippen LogP contribution in [0.3, 0.4) is 0 Å². The van der Waals surface area contributed by atoms with E-state index in [2.05, 4.69) is 32.2 Å². The van der Waals surface area contributed by atoms with E-state index in [9.17, 15) is 28.8 Å². The Morgan fingerprint density at radius 3 is 2.28 bits per heavy atom. The van der Waals surface area contributed by atoms with Gasteiger partial charge in [0.2, 0.25) is 11.9 Å². The summed E-state index contributed by atoms with van der Waals surface area (Å²) < 4.78 is 9.94. The van der Waals surface area contributed by atoms with Crippen LogP contribution in [0.25, 0.3) is 11.0 Å². The molecule has 244 valence electrons. The number of anilines is 2. The lowest BCUT2D eigenvalue weighted by atomic mass is 9.96. The molecule has 0 radical (unpaired) electrons. The zero-order valence-corrected chi connectivity index (χ0v) is 26.5. The van der Waals surface area contributed by atoms with Gasteiger partial charge < -0.3 is 19.7 Å². The van der Waals surface area contributed by atoms with Crippen molar-refractivity contribution >= 4 is 52.3 Å². The lowest BCUT2D eigenvalue weighted by Crippen LogP contribution is -2.42. The van der Waals surface area contributed by atoms with E-state index >= 15 is 0 Å². The summed E-state index contributed by atoms with van der Waals surface area (Å²) >= 11 is 0. The Morgan fingerprint density at radius 2 is 1.67 bits per heavy atom. The first-order valence-corrected chi connectivity index (χ1v) is 14.7. The number of nitrogens with zero attached hydrogens (tertiary/aromatic N) is 3. The molecule has 46 heavy (non-hydrogen) atoms. The third kappa shape index (κ3) is 9.30. The monoisotopic (exact) mass is 634 g/mol. The molecule has 0 fully saturated rings. The molecule has 0 saturated heterocycles. The number of carbonyl (C=O) groups excluding carboxylic acids is 5. The maximum absolute atomic E-state index is 13.0. The largest absolute Gasteiger partial charge is 0.466 e. The van der Waals surface area contributed by atoms with E-state index in [1.807, 2.05) is 0 Å². The van der Waals surface area contributed by atoms with Gasteiger partial charge in [0, 0.05) is 23.1 Å². The maximum Gasteiger partial charge on any atom is 0.328 e. The quantitative estimate of drug-likeness (QED) is 0.186. The Morgan fingerprint density at radius 1 is 1.00 bits per heavy atom. The number of esters is 2. The number of rotatable bonds is 13. The van der Waals surface area contributed by atoms with Gasteiger partial charge in [-0.3, -0.25) is 34.3 Å². The molecule has 0 aliphatic carbocycles. The summed E-state index contributed by atoms with van der Waals surface area (Å²) in [5.74, 6) is -2.56. The van der Waals surface area contributed by atoms with Crippen molar-refractivity contribution in [3.05, 3.63) is 70.7 Å². The van der Waals surface area contributed by atoms with Gasteiger partial charge in [-0.05, 0) is 62.7 Å². The highest BCUT2D eigenvalue weighted by Crippen LogP contribution is 2.20. The molecule has 3 aromatic rings. The Balaban J connectivity index is 1.80.